The molecule has 1 N–H and O–H groups in total. The Morgan fingerprint density at radius 2 is 1.95 bits per heavy atom. The van der Waals surface area contributed by atoms with Gasteiger partial charge in [0, 0.05) is 33.5 Å². The van der Waals surface area contributed by atoms with Gasteiger partial charge in [-0.2, -0.15) is 0 Å². The summed E-state index contributed by atoms with van der Waals surface area (Å²) < 4.78 is 10.6. The quantitative estimate of drug-likeness (QED) is 0.798. The van der Waals surface area contributed by atoms with Gasteiger partial charge in [0.1, 0.15) is 0 Å². The average Bonchev–Trinajstić information content (AvgIpc) is 2.94. The molecule has 106 valence electrons. The van der Waals surface area contributed by atoms with Gasteiger partial charge in [0.25, 0.3) is 0 Å². The molecule has 0 bridgehead atoms. The van der Waals surface area contributed by atoms with Crippen LogP contribution in [0.15, 0.2) is 18.3 Å². The Kier molecular flexibility index (Phi) is 4.99. The zero-order valence-electron chi connectivity index (χ0n) is 11.9. The molecule has 5 nitrogen and oxygen atoms in total. The summed E-state index contributed by atoms with van der Waals surface area (Å²) >= 11 is 0. The van der Waals surface area contributed by atoms with E-state index in [4.69, 9.17) is 9.47 Å². The Balaban J connectivity index is 2.11. The first-order valence-corrected chi connectivity index (χ1v) is 6.78. The van der Waals surface area contributed by atoms with Gasteiger partial charge in [-0.05, 0) is 31.9 Å². The van der Waals surface area contributed by atoms with Crippen molar-refractivity contribution in [1.82, 2.24) is 4.98 Å². The maximum absolute atomic E-state index is 5.28. The summed E-state index contributed by atoms with van der Waals surface area (Å²) in [5, 5.41) is 3.44. The highest BCUT2D eigenvalue weighted by atomic mass is 16.7. The minimum Gasteiger partial charge on any atom is -0.374 e. The Bertz CT molecular complexity index is 390. The van der Waals surface area contributed by atoms with E-state index in [1.54, 1.807) is 14.2 Å². The third-order valence-electron chi connectivity index (χ3n) is 3.45. The summed E-state index contributed by atoms with van der Waals surface area (Å²) in [6.07, 6.45) is 4.05. The van der Waals surface area contributed by atoms with Gasteiger partial charge in [-0.25, -0.2) is 4.98 Å². The molecule has 1 aliphatic heterocycles. The normalized spacial score (nSPS) is 16.9. The number of anilines is 2. The second kappa shape index (κ2) is 6.73. The number of nitrogens with one attached hydrogen (secondary N) is 1. The van der Waals surface area contributed by atoms with Crippen LogP contribution < -0.4 is 10.2 Å². The van der Waals surface area contributed by atoms with Crippen molar-refractivity contribution in [3.8, 4) is 0 Å². The third-order valence-corrected chi connectivity index (χ3v) is 3.45. The number of rotatable bonds is 6. The van der Waals surface area contributed by atoms with E-state index >= 15 is 0 Å². The van der Waals surface area contributed by atoms with Crippen molar-refractivity contribution >= 4 is 11.5 Å². The van der Waals surface area contributed by atoms with E-state index in [9.17, 15) is 0 Å². The molecule has 1 aliphatic rings. The molecule has 1 atom stereocenters. The summed E-state index contributed by atoms with van der Waals surface area (Å²) in [5.41, 5.74) is 1.04. The fourth-order valence-corrected chi connectivity index (χ4v) is 2.51. The van der Waals surface area contributed by atoms with E-state index in [2.05, 4.69) is 21.3 Å². The molecule has 0 radical (unpaired) electrons. The number of nitrogens with zero attached hydrogens (tertiary/aromatic N) is 2. The molecular formula is C14H23N3O2. The molecule has 0 saturated carbocycles. The van der Waals surface area contributed by atoms with Gasteiger partial charge < -0.3 is 19.7 Å². The van der Waals surface area contributed by atoms with Crippen molar-refractivity contribution in [2.75, 3.05) is 37.5 Å². The third kappa shape index (κ3) is 3.36. The van der Waals surface area contributed by atoms with E-state index in [-0.39, 0.29) is 12.3 Å². The fourth-order valence-electron chi connectivity index (χ4n) is 2.51. The van der Waals surface area contributed by atoms with Gasteiger partial charge in [0.05, 0.1) is 11.7 Å². The largest absolute Gasteiger partial charge is 0.374 e. The van der Waals surface area contributed by atoms with E-state index in [0.717, 1.165) is 24.6 Å². The highest BCUT2D eigenvalue weighted by Crippen LogP contribution is 2.27. The summed E-state index contributed by atoms with van der Waals surface area (Å²) in [5.74, 6) is 1.03. The maximum atomic E-state index is 5.28. The molecule has 2 heterocycles. The molecule has 19 heavy (non-hydrogen) atoms. The van der Waals surface area contributed by atoms with E-state index in [1.807, 2.05) is 19.2 Å². The van der Waals surface area contributed by atoms with Crippen LogP contribution >= 0.6 is 0 Å². The maximum Gasteiger partial charge on any atom is 0.176 e. The molecule has 1 aromatic rings. The van der Waals surface area contributed by atoms with Crippen LogP contribution in [-0.4, -0.2) is 44.6 Å². The van der Waals surface area contributed by atoms with Crippen LogP contribution in [0, 0.1) is 0 Å². The molecule has 1 aromatic heterocycles. The molecule has 1 unspecified atom stereocenters. The Morgan fingerprint density at radius 1 is 1.26 bits per heavy atom. The van der Waals surface area contributed by atoms with E-state index < -0.39 is 0 Å². The van der Waals surface area contributed by atoms with Crippen LogP contribution in [0.2, 0.25) is 0 Å². The first-order chi connectivity index (χ1) is 9.26. The molecule has 0 aromatic carbocycles. The lowest BCUT2D eigenvalue weighted by atomic mass is 10.2. The molecule has 5 heteroatoms. The second-order valence-corrected chi connectivity index (χ2v) is 4.84. The fraction of sp³-hybridized carbons (Fsp3) is 0.643. The summed E-state index contributed by atoms with van der Waals surface area (Å²) in [6.45, 7) is 4.20. The summed E-state index contributed by atoms with van der Waals surface area (Å²) in [7, 11) is 3.30. The van der Waals surface area contributed by atoms with Crippen molar-refractivity contribution in [3.63, 3.8) is 0 Å². The topological polar surface area (TPSA) is 46.6 Å². The predicted molar refractivity (Wildman–Crippen MR) is 76.6 cm³/mol. The SMILES string of the molecule is COC(OC)C(C)Nc1cccnc1N1CCCC1. The molecular weight excluding hydrogens is 242 g/mol. The molecule has 0 spiro atoms. The standard InChI is InChI=1S/C14H23N3O2/c1-11(14(18-2)19-3)16-12-7-6-8-15-13(12)17-9-4-5-10-17/h6-8,11,14,16H,4-5,9-10H2,1-3H3. The van der Waals surface area contributed by atoms with Crippen LogP contribution in [-0.2, 0) is 9.47 Å². The zero-order chi connectivity index (χ0) is 13.7. The van der Waals surface area contributed by atoms with Crippen molar-refractivity contribution in [2.24, 2.45) is 0 Å². The number of methoxy groups -OCH3 is 2. The van der Waals surface area contributed by atoms with Crippen LogP contribution in [0.3, 0.4) is 0 Å². The lowest BCUT2D eigenvalue weighted by Gasteiger charge is -2.26. The lowest BCUT2D eigenvalue weighted by Crippen LogP contribution is -2.34. The predicted octanol–water partition coefficient (Wildman–Crippen LogP) is 2.10. The minimum atomic E-state index is -0.272. The van der Waals surface area contributed by atoms with E-state index in [1.165, 1.54) is 12.8 Å². The first-order valence-electron chi connectivity index (χ1n) is 6.78. The van der Waals surface area contributed by atoms with E-state index in [0.29, 0.717) is 0 Å². The lowest BCUT2D eigenvalue weighted by molar-refractivity contribution is -0.109. The van der Waals surface area contributed by atoms with Gasteiger partial charge in [0.2, 0.25) is 0 Å². The number of pyridine rings is 1. The molecule has 2 rings (SSSR count). The number of ether oxygens (including phenoxy) is 2. The van der Waals surface area contributed by atoms with Crippen LogP contribution in [0.4, 0.5) is 11.5 Å². The minimum absolute atomic E-state index is 0.0561. The highest BCUT2D eigenvalue weighted by Gasteiger charge is 2.20. The van der Waals surface area contributed by atoms with Crippen LogP contribution in [0.25, 0.3) is 0 Å². The van der Waals surface area contributed by atoms with Crippen molar-refractivity contribution in [3.05, 3.63) is 18.3 Å². The van der Waals surface area contributed by atoms with Crippen molar-refractivity contribution in [1.29, 1.82) is 0 Å². The number of aromatic nitrogens is 1. The average molecular weight is 265 g/mol. The van der Waals surface area contributed by atoms with Gasteiger partial charge in [-0.15, -0.1) is 0 Å². The van der Waals surface area contributed by atoms with Crippen LogP contribution in [0.5, 0.6) is 0 Å². The Morgan fingerprint density at radius 3 is 2.58 bits per heavy atom. The van der Waals surface area contributed by atoms with Gasteiger partial charge in [-0.1, -0.05) is 0 Å². The monoisotopic (exact) mass is 265 g/mol. The van der Waals surface area contributed by atoms with Gasteiger partial charge >= 0.3 is 0 Å². The van der Waals surface area contributed by atoms with Gasteiger partial charge in [0.15, 0.2) is 12.1 Å². The van der Waals surface area contributed by atoms with Gasteiger partial charge in [-0.3, -0.25) is 0 Å². The molecule has 0 aliphatic carbocycles. The zero-order valence-corrected chi connectivity index (χ0v) is 11.9. The van der Waals surface area contributed by atoms with Crippen LogP contribution in [0.1, 0.15) is 19.8 Å². The smallest absolute Gasteiger partial charge is 0.176 e. The number of hydrogen-bond acceptors (Lipinski definition) is 5. The molecule has 0 amide bonds. The number of hydrogen-bond donors (Lipinski definition) is 1. The van der Waals surface area contributed by atoms with Crippen molar-refractivity contribution in [2.45, 2.75) is 32.1 Å². The molecule has 1 saturated heterocycles. The Labute approximate surface area is 114 Å². The van der Waals surface area contributed by atoms with Crippen molar-refractivity contribution < 1.29 is 9.47 Å². The Hall–Kier alpha value is -1.33. The summed E-state index contributed by atoms with van der Waals surface area (Å²) in [6, 6.07) is 4.06. The first kappa shape index (κ1) is 14.1. The molecule has 1 fully saturated rings. The highest BCUT2D eigenvalue weighted by molar-refractivity contribution is 5.66. The summed E-state index contributed by atoms with van der Waals surface area (Å²) in [4.78, 5) is 6.83. The second-order valence-electron chi connectivity index (χ2n) is 4.84.